The standard InChI is InChI=1S/C14H18N4/c1-3-12(9-15-5-1)11-18-8-7-17-14(18)13-4-2-6-16-10-13/h1,3,5,7-9,13,16H,2,4,6,10-11H2/t13-/m0/s1. The fourth-order valence-electron chi connectivity index (χ4n) is 2.57. The van der Waals surface area contributed by atoms with Crippen LogP contribution >= 0.6 is 0 Å². The highest BCUT2D eigenvalue weighted by Gasteiger charge is 2.19. The molecule has 2 aromatic heterocycles. The number of hydrogen-bond acceptors (Lipinski definition) is 3. The maximum Gasteiger partial charge on any atom is 0.113 e. The number of pyridine rings is 1. The van der Waals surface area contributed by atoms with Crippen LogP contribution in [0, 0.1) is 0 Å². The number of piperidine rings is 1. The SMILES string of the molecule is c1cncc(Cn2ccnc2[C@H]2CCCNC2)c1. The van der Waals surface area contributed by atoms with E-state index in [0.29, 0.717) is 5.92 Å². The second kappa shape index (κ2) is 5.31. The van der Waals surface area contributed by atoms with Crippen molar-refractivity contribution in [2.75, 3.05) is 13.1 Å². The summed E-state index contributed by atoms with van der Waals surface area (Å²) < 4.78 is 2.24. The lowest BCUT2D eigenvalue weighted by atomic mass is 9.99. The summed E-state index contributed by atoms with van der Waals surface area (Å²) in [5, 5.41) is 3.45. The Labute approximate surface area is 107 Å². The van der Waals surface area contributed by atoms with Crippen LogP contribution < -0.4 is 5.32 Å². The number of rotatable bonds is 3. The van der Waals surface area contributed by atoms with E-state index in [9.17, 15) is 0 Å². The first kappa shape index (κ1) is 11.4. The normalized spacial score (nSPS) is 19.9. The summed E-state index contributed by atoms with van der Waals surface area (Å²) in [5.41, 5.74) is 1.22. The maximum absolute atomic E-state index is 4.54. The molecular weight excluding hydrogens is 224 g/mol. The Bertz CT molecular complexity index is 486. The molecule has 1 aliphatic rings. The molecule has 0 aromatic carbocycles. The molecule has 0 unspecified atom stereocenters. The zero-order valence-corrected chi connectivity index (χ0v) is 10.4. The van der Waals surface area contributed by atoms with Gasteiger partial charge in [0.25, 0.3) is 0 Å². The molecule has 0 bridgehead atoms. The van der Waals surface area contributed by atoms with E-state index in [1.165, 1.54) is 24.2 Å². The summed E-state index contributed by atoms with van der Waals surface area (Å²) in [6, 6.07) is 4.09. The van der Waals surface area contributed by atoms with Gasteiger partial charge in [-0.15, -0.1) is 0 Å². The van der Waals surface area contributed by atoms with Crippen LogP contribution in [0.4, 0.5) is 0 Å². The molecule has 4 heteroatoms. The molecule has 0 spiro atoms. The lowest BCUT2D eigenvalue weighted by molar-refractivity contribution is 0.435. The minimum atomic E-state index is 0.547. The van der Waals surface area contributed by atoms with Crippen LogP contribution in [0.1, 0.15) is 30.1 Å². The van der Waals surface area contributed by atoms with Gasteiger partial charge in [0.15, 0.2) is 0 Å². The Morgan fingerprint density at radius 1 is 1.39 bits per heavy atom. The third-order valence-corrected chi connectivity index (χ3v) is 3.49. The lowest BCUT2D eigenvalue weighted by Gasteiger charge is -2.23. The van der Waals surface area contributed by atoms with Crippen LogP contribution in [0.15, 0.2) is 36.9 Å². The molecule has 94 valence electrons. The summed E-state index contributed by atoms with van der Waals surface area (Å²) in [4.78, 5) is 8.70. The molecule has 18 heavy (non-hydrogen) atoms. The molecule has 1 aliphatic heterocycles. The Kier molecular flexibility index (Phi) is 3.37. The fraction of sp³-hybridized carbons (Fsp3) is 0.429. The zero-order chi connectivity index (χ0) is 12.2. The van der Waals surface area contributed by atoms with E-state index in [1.54, 1.807) is 0 Å². The molecule has 0 radical (unpaired) electrons. The number of nitrogens with zero attached hydrogens (tertiary/aromatic N) is 3. The average molecular weight is 242 g/mol. The van der Waals surface area contributed by atoms with Gasteiger partial charge in [-0.3, -0.25) is 4.98 Å². The summed E-state index contributed by atoms with van der Waals surface area (Å²) in [5.74, 6) is 1.75. The lowest BCUT2D eigenvalue weighted by Crippen LogP contribution is -2.30. The molecule has 0 amide bonds. The van der Waals surface area contributed by atoms with Gasteiger partial charge in [0.2, 0.25) is 0 Å². The highest BCUT2D eigenvalue weighted by Crippen LogP contribution is 2.22. The predicted octanol–water partition coefficient (Wildman–Crippen LogP) is 1.79. The summed E-state index contributed by atoms with van der Waals surface area (Å²) in [6.45, 7) is 3.05. The van der Waals surface area contributed by atoms with Gasteiger partial charge < -0.3 is 9.88 Å². The summed E-state index contributed by atoms with van der Waals surface area (Å²) >= 11 is 0. The molecule has 1 N–H and O–H groups in total. The predicted molar refractivity (Wildman–Crippen MR) is 70.4 cm³/mol. The van der Waals surface area contributed by atoms with Crippen LogP contribution in [0.2, 0.25) is 0 Å². The minimum absolute atomic E-state index is 0.547. The van der Waals surface area contributed by atoms with Gasteiger partial charge >= 0.3 is 0 Å². The summed E-state index contributed by atoms with van der Waals surface area (Å²) in [6.07, 6.45) is 10.2. The van der Waals surface area contributed by atoms with Crippen LogP contribution in [0.5, 0.6) is 0 Å². The van der Waals surface area contributed by atoms with Crippen molar-refractivity contribution in [3.8, 4) is 0 Å². The third kappa shape index (κ3) is 2.43. The fourth-order valence-corrected chi connectivity index (χ4v) is 2.57. The molecule has 0 saturated carbocycles. The molecule has 3 rings (SSSR count). The van der Waals surface area contributed by atoms with E-state index in [-0.39, 0.29) is 0 Å². The smallest absolute Gasteiger partial charge is 0.113 e. The van der Waals surface area contributed by atoms with Crippen molar-refractivity contribution in [1.29, 1.82) is 0 Å². The first-order chi connectivity index (χ1) is 8.93. The van der Waals surface area contributed by atoms with Gasteiger partial charge in [-0.2, -0.15) is 0 Å². The van der Waals surface area contributed by atoms with Crippen molar-refractivity contribution in [2.45, 2.75) is 25.3 Å². The largest absolute Gasteiger partial charge is 0.330 e. The highest BCUT2D eigenvalue weighted by molar-refractivity contribution is 5.12. The van der Waals surface area contributed by atoms with Crippen molar-refractivity contribution in [1.82, 2.24) is 19.9 Å². The molecule has 4 nitrogen and oxygen atoms in total. The first-order valence-corrected chi connectivity index (χ1v) is 6.54. The van der Waals surface area contributed by atoms with Crippen LogP contribution in [0.25, 0.3) is 0 Å². The highest BCUT2D eigenvalue weighted by atomic mass is 15.1. The van der Waals surface area contributed by atoms with Crippen molar-refractivity contribution in [2.24, 2.45) is 0 Å². The molecule has 1 fully saturated rings. The van der Waals surface area contributed by atoms with E-state index >= 15 is 0 Å². The second-order valence-corrected chi connectivity index (χ2v) is 4.82. The monoisotopic (exact) mass is 242 g/mol. The number of hydrogen-bond donors (Lipinski definition) is 1. The minimum Gasteiger partial charge on any atom is -0.330 e. The van der Waals surface area contributed by atoms with Crippen molar-refractivity contribution >= 4 is 0 Å². The quantitative estimate of drug-likeness (QED) is 0.892. The third-order valence-electron chi connectivity index (χ3n) is 3.49. The topological polar surface area (TPSA) is 42.7 Å². The van der Waals surface area contributed by atoms with Crippen LogP contribution in [-0.4, -0.2) is 27.6 Å². The van der Waals surface area contributed by atoms with Crippen LogP contribution in [-0.2, 0) is 6.54 Å². The number of nitrogens with one attached hydrogen (secondary N) is 1. The van der Waals surface area contributed by atoms with Crippen molar-refractivity contribution in [3.63, 3.8) is 0 Å². The van der Waals surface area contributed by atoms with E-state index in [0.717, 1.165) is 19.6 Å². The van der Waals surface area contributed by atoms with Crippen molar-refractivity contribution in [3.05, 3.63) is 48.3 Å². The zero-order valence-electron chi connectivity index (χ0n) is 10.4. The van der Waals surface area contributed by atoms with E-state index in [4.69, 9.17) is 0 Å². The average Bonchev–Trinajstić information content (AvgIpc) is 2.89. The molecule has 3 heterocycles. The number of imidazole rings is 1. The Hall–Kier alpha value is -1.68. The van der Waals surface area contributed by atoms with Crippen molar-refractivity contribution < 1.29 is 0 Å². The molecular formula is C14H18N4. The van der Waals surface area contributed by atoms with E-state index in [1.807, 2.05) is 24.7 Å². The Balaban J connectivity index is 1.78. The maximum atomic E-state index is 4.54. The second-order valence-electron chi connectivity index (χ2n) is 4.82. The molecule has 1 atom stereocenters. The van der Waals surface area contributed by atoms with Gasteiger partial charge in [0, 0.05) is 37.3 Å². The van der Waals surface area contributed by atoms with Crippen LogP contribution in [0.3, 0.4) is 0 Å². The molecule has 1 saturated heterocycles. The Morgan fingerprint density at radius 2 is 2.39 bits per heavy atom. The van der Waals surface area contributed by atoms with E-state index in [2.05, 4.69) is 32.1 Å². The van der Waals surface area contributed by atoms with Gasteiger partial charge in [0.05, 0.1) is 6.54 Å². The van der Waals surface area contributed by atoms with Gasteiger partial charge in [-0.05, 0) is 31.0 Å². The number of aromatic nitrogens is 3. The van der Waals surface area contributed by atoms with Gasteiger partial charge in [0.1, 0.15) is 5.82 Å². The van der Waals surface area contributed by atoms with Gasteiger partial charge in [-0.1, -0.05) is 6.07 Å². The molecule has 0 aliphatic carbocycles. The molecule has 2 aromatic rings. The van der Waals surface area contributed by atoms with Gasteiger partial charge in [-0.25, -0.2) is 4.98 Å². The Morgan fingerprint density at radius 3 is 3.17 bits per heavy atom. The summed E-state index contributed by atoms with van der Waals surface area (Å²) in [7, 11) is 0. The van der Waals surface area contributed by atoms with E-state index < -0.39 is 0 Å². The first-order valence-electron chi connectivity index (χ1n) is 6.54.